The van der Waals surface area contributed by atoms with Crippen molar-refractivity contribution < 1.29 is 14.3 Å². The summed E-state index contributed by atoms with van der Waals surface area (Å²) in [7, 11) is 0. The fourth-order valence-electron chi connectivity index (χ4n) is 2.07. The summed E-state index contributed by atoms with van der Waals surface area (Å²) in [5.41, 5.74) is 1.63. The van der Waals surface area contributed by atoms with Crippen LogP contribution in [0.2, 0.25) is 0 Å². The van der Waals surface area contributed by atoms with Gasteiger partial charge in [-0.3, -0.25) is 14.6 Å². The quantitative estimate of drug-likeness (QED) is 0.164. The first kappa shape index (κ1) is 21.2. The molecular formula is C18H15N5O5S2. The number of nitrogens with one attached hydrogen (secondary N) is 3. The molecule has 0 bridgehead atoms. The number of hydrazone groups is 1. The molecule has 0 radical (unpaired) electrons. The van der Waals surface area contributed by atoms with E-state index in [1.807, 2.05) is 4.98 Å². The van der Waals surface area contributed by atoms with Crippen molar-refractivity contribution in [3.05, 3.63) is 73.1 Å². The number of carbonyl (C=O) groups is 2. The molecule has 3 N–H and O–H groups in total. The van der Waals surface area contributed by atoms with Gasteiger partial charge in [0, 0.05) is 0 Å². The van der Waals surface area contributed by atoms with E-state index in [9.17, 15) is 19.2 Å². The standard InChI is InChI=1S/C18H15N5O5S2/c1-10(30-16-15(25)20-18(27)23-22-16)14(24)21-19-9-11-4-6-12(7-5-11)28-17(26)13-3-2-8-29-13/h2-10H,1H3,(H,21,24)(H2,20,23,25,27)/b19-9+. The molecule has 0 saturated heterocycles. The fourth-order valence-corrected chi connectivity index (χ4v) is 3.42. The predicted octanol–water partition coefficient (Wildman–Crippen LogP) is 1.37. The zero-order chi connectivity index (χ0) is 21.5. The van der Waals surface area contributed by atoms with Crippen LogP contribution < -0.4 is 21.4 Å². The van der Waals surface area contributed by atoms with Crippen LogP contribution in [0, 0.1) is 0 Å². The first-order valence-electron chi connectivity index (χ1n) is 8.46. The van der Waals surface area contributed by atoms with Crippen molar-refractivity contribution in [3.63, 3.8) is 0 Å². The van der Waals surface area contributed by atoms with Gasteiger partial charge in [-0.2, -0.15) is 10.2 Å². The predicted molar refractivity (Wildman–Crippen MR) is 112 cm³/mol. The summed E-state index contributed by atoms with van der Waals surface area (Å²) in [4.78, 5) is 49.1. The third-order valence-corrected chi connectivity index (χ3v) is 5.46. The monoisotopic (exact) mass is 445 g/mol. The van der Waals surface area contributed by atoms with Crippen LogP contribution in [0.15, 0.2) is 61.5 Å². The third-order valence-electron chi connectivity index (χ3n) is 3.54. The number of amides is 1. The van der Waals surface area contributed by atoms with Gasteiger partial charge in [-0.25, -0.2) is 20.1 Å². The van der Waals surface area contributed by atoms with Crippen LogP contribution in [0.1, 0.15) is 22.2 Å². The van der Waals surface area contributed by atoms with Crippen LogP contribution in [-0.4, -0.2) is 38.5 Å². The van der Waals surface area contributed by atoms with Gasteiger partial charge in [0.2, 0.25) is 0 Å². The molecule has 0 aliphatic rings. The van der Waals surface area contributed by atoms with Crippen molar-refractivity contribution in [2.75, 3.05) is 0 Å². The second-order valence-electron chi connectivity index (χ2n) is 5.74. The van der Waals surface area contributed by atoms with Crippen molar-refractivity contribution in [2.45, 2.75) is 17.2 Å². The fraction of sp³-hybridized carbons (Fsp3) is 0.111. The summed E-state index contributed by atoms with van der Waals surface area (Å²) in [5, 5.41) is 10.6. The molecule has 3 aromatic rings. The number of ether oxygens (including phenoxy) is 1. The Kier molecular flexibility index (Phi) is 6.93. The molecule has 12 heteroatoms. The van der Waals surface area contributed by atoms with E-state index >= 15 is 0 Å². The molecule has 0 aliphatic carbocycles. The zero-order valence-electron chi connectivity index (χ0n) is 15.4. The van der Waals surface area contributed by atoms with Gasteiger partial charge >= 0.3 is 11.7 Å². The van der Waals surface area contributed by atoms with E-state index in [2.05, 4.69) is 20.7 Å². The highest BCUT2D eigenvalue weighted by Gasteiger charge is 2.17. The number of hydrogen-bond donors (Lipinski definition) is 3. The van der Waals surface area contributed by atoms with Crippen LogP contribution in [-0.2, 0) is 4.79 Å². The molecule has 0 spiro atoms. The molecule has 154 valence electrons. The minimum absolute atomic E-state index is 0.0334. The van der Waals surface area contributed by atoms with Gasteiger partial charge in [-0.15, -0.1) is 11.3 Å². The van der Waals surface area contributed by atoms with E-state index in [-0.39, 0.29) is 5.03 Å². The lowest BCUT2D eigenvalue weighted by atomic mass is 10.2. The smallest absolute Gasteiger partial charge is 0.353 e. The minimum atomic E-state index is -0.724. The molecule has 30 heavy (non-hydrogen) atoms. The average Bonchev–Trinajstić information content (AvgIpc) is 3.26. The molecule has 3 rings (SSSR count). The van der Waals surface area contributed by atoms with Gasteiger partial charge in [0.1, 0.15) is 10.6 Å². The van der Waals surface area contributed by atoms with Gasteiger partial charge < -0.3 is 4.74 Å². The molecule has 0 fully saturated rings. The lowest BCUT2D eigenvalue weighted by Crippen LogP contribution is -2.30. The van der Waals surface area contributed by atoms with Crippen LogP contribution in [0.3, 0.4) is 0 Å². The van der Waals surface area contributed by atoms with E-state index in [1.165, 1.54) is 17.6 Å². The molecule has 0 saturated carbocycles. The Morgan fingerprint density at radius 3 is 2.70 bits per heavy atom. The Balaban J connectivity index is 1.51. The van der Waals surface area contributed by atoms with Crippen LogP contribution >= 0.6 is 23.1 Å². The normalized spacial score (nSPS) is 11.9. The number of carbonyl (C=O) groups excluding carboxylic acids is 2. The van der Waals surface area contributed by atoms with E-state index in [1.54, 1.807) is 48.7 Å². The first-order valence-corrected chi connectivity index (χ1v) is 10.2. The van der Waals surface area contributed by atoms with Crippen LogP contribution in [0.25, 0.3) is 0 Å². The van der Waals surface area contributed by atoms with E-state index in [0.717, 1.165) is 11.8 Å². The second kappa shape index (κ2) is 9.80. The lowest BCUT2D eigenvalue weighted by molar-refractivity contribution is -0.120. The lowest BCUT2D eigenvalue weighted by Gasteiger charge is -2.07. The number of H-pyrrole nitrogens is 2. The van der Waals surface area contributed by atoms with E-state index < -0.39 is 28.4 Å². The molecular weight excluding hydrogens is 430 g/mol. The summed E-state index contributed by atoms with van der Waals surface area (Å²) >= 11 is 2.18. The number of benzene rings is 1. The SMILES string of the molecule is CC(Sc1n[nH]c(=O)[nH]c1=O)C(=O)N/N=C/c1ccc(OC(=O)c2cccs2)cc1. The summed E-state index contributed by atoms with van der Waals surface area (Å²) in [6, 6.07) is 10.0. The summed E-state index contributed by atoms with van der Waals surface area (Å²) in [5.74, 6) is -0.496. The van der Waals surface area contributed by atoms with Crippen LogP contribution in [0.5, 0.6) is 5.75 Å². The van der Waals surface area contributed by atoms with Crippen molar-refractivity contribution >= 4 is 41.2 Å². The van der Waals surface area contributed by atoms with Gasteiger partial charge in [0.05, 0.1) is 11.5 Å². The Bertz CT molecular complexity index is 1170. The van der Waals surface area contributed by atoms with Gasteiger partial charge in [-0.05, 0) is 48.2 Å². The molecule has 0 aliphatic heterocycles. The van der Waals surface area contributed by atoms with Crippen molar-refractivity contribution in [1.82, 2.24) is 20.6 Å². The number of aromatic amines is 2. The number of aromatic nitrogens is 3. The van der Waals surface area contributed by atoms with E-state index in [4.69, 9.17) is 4.74 Å². The minimum Gasteiger partial charge on any atom is -0.422 e. The summed E-state index contributed by atoms with van der Waals surface area (Å²) < 4.78 is 5.26. The summed E-state index contributed by atoms with van der Waals surface area (Å²) in [6.45, 7) is 1.57. The van der Waals surface area contributed by atoms with Crippen molar-refractivity contribution in [1.29, 1.82) is 0 Å². The Labute approximate surface area is 177 Å². The Hall–Kier alpha value is -3.51. The molecule has 1 amide bonds. The highest BCUT2D eigenvalue weighted by atomic mass is 32.2. The topological polar surface area (TPSA) is 146 Å². The number of thioether (sulfide) groups is 1. The largest absolute Gasteiger partial charge is 0.422 e. The first-order chi connectivity index (χ1) is 14.4. The molecule has 1 atom stereocenters. The molecule has 1 aromatic carbocycles. The van der Waals surface area contributed by atoms with Gasteiger partial charge in [0.25, 0.3) is 11.5 Å². The highest BCUT2D eigenvalue weighted by molar-refractivity contribution is 8.00. The van der Waals surface area contributed by atoms with Gasteiger partial charge in [-0.1, -0.05) is 17.8 Å². The number of esters is 1. The third kappa shape index (κ3) is 5.75. The number of nitrogens with zero attached hydrogens (tertiary/aromatic N) is 2. The number of thiophene rings is 1. The Morgan fingerprint density at radius 1 is 1.27 bits per heavy atom. The molecule has 1 unspecified atom stereocenters. The summed E-state index contributed by atoms with van der Waals surface area (Å²) in [6.07, 6.45) is 1.42. The second-order valence-corrected chi connectivity index (χ2v) is 8.02. The maximum atomic E-state index is 12.1. The van der Waals surface area contributed by atoms with Crippen molar-refractivity contribution in [2.24, 2.45) is 5.10 Å². The van der Waals surface area contributed by atoms with Crippen LogP contribution in [0.4, 0.5) is 0 Å². The average molecular weight is 445 g/mol. The highest BCUT2D eigenvalue weighted by Crippen LogP contribution is 2.17. The zero-order valence-corrected chi connectivity index (χ0v) is 17.1. The number of rotatable bonds is 7. The number of hydrogen-bond acceptors (Lipinski definition) is 9. The molecule has 10 nitrogen and oxygen atoms in total. The maximum absolute atomic E-state index is 12.1. The molecule has 2 heterocycles. The van der Waals surface area contributed by atoms with Gasteiger partial charge in [0.15, 0.2) is 5.03 Å². The Morgan fingerprint density at radius 2 is 2.03 bits per heavy atom. The molecule has 2 aromatic heterocycles. The maximum Gasteiger partial charge on any atom is 0.353 e. The van der Waals surface area contributed by atoms with Crippen molar-refractivity contribution in [3.8, 4) is 5.75 Å². The van der Waals surface area contributed by atoms with E-state index in [0.29, 0.717) is 16.2 Å².